The molecule has 5 heteroatoms. The molecule has 0 saturated heterocycles. The quantitative estimate of drug-likeness (QED) is 0.862. The van der Waals surface area contributed by atoms with Gasteiger partial charge in [-0.1, -0.05) is 0 Å². The highest BCUT2D eigenvalue weighted by molar-refractivity contribution is 7.98. The van der Waals surface area contributed by atoms with Crippen molar-refractivity contribution in [2.24, 2.45) is 5.73 Å². The third-order valence-corrected chi connectivity index (χ3v) is 4.33. The molecule has 0 aliphatic heterocycles. The summed E-state index contributed by atoms with van der Waals surface area (Å²) in [6.07, 6.45) is 2.77. The van der Waals surface area contributed by atoms with Crippen molar-refractivity contribution in [1.29, 1.82) is 0 Å². The zero-order valence-electron chi connectivity index (χ0n) is 10.6. The van der Waals surface area contributed by atoms with Crippen molar-refractivity contribution in [2.75, 3.05) is 19.1 Å². The van der Waals surface area contributed by atoms with Gasteiger partial charge in [0.1, 0.15) is 0 Å². The van der Waals surface area contributed by atoms with E-state index in [4.69, 9.17) is 5.73 Å². The van der Waals surface area contributed by atoms with Crippen molar-refractivity contribution in [3.8, 4) is 0 Å². The summed E-state index contributed by atoms with van der Waals surface area (Å²) in [4.78, 5) is 14.9. The molecule has 0 aliphatic carbocycles. The molecule has 0 spiro atoms. The van der Waals surface area contributed by atoms with Gasteiger partial charge in [0.15, 0.2) is 0 Å². The average Bonchev–Trinajstić information content (AvgIpc) is 2.70. The summed E-state index contributed by atoms with van der Waals surface area (Å²) in [6, 6.07) is 1.71. The maximum Gasteiger partial charge on any atom is 0.239 e. The number of amides is 1. The summed E-state index contributed by atoms with van der Waals surface area (Å²) in [7, 11) is 1.82. The molecule has 0 bridgehead atoms. The molecule has 2 N–H and O–H groups in total. The predicted octanol–water partition coefficient (Wildman–Crippen LogP) is 2.10. The van der Waals surface area contributed by atoms with Crippen LogP contribution in [0.25, 0.3) is 0 Å². The van der Waals surface area contributed by atoms with Gasteiger partial charge in [0.2, 0.25) is 5.91 Å². The molecule has 1 atom stereocenters. The van der Waals surface area contributed by atoms with E-state index in [1.54, 1.807) is 28.0 Å². The van der Waals surface area contributed by atoms with E-state index in [1.807, 2.05) is 13.3 Å². The average molecular weight is 272 g/mol. The first kappa shape index (κ1) is 14.5. The lowest BCUT2D eigenvalue weighted by Gasteiger charge is -2.21. The number of likely N-dealkylation sites (N-methyl/N-ethyl adjacent to an activating group) is 1. The Balaban J connectivity index is 2.49. The van der Waals surface area contributed by atoms with Crippen molar-refractivity contribution in [2.45, 2.75) is 25.9 Å². The molecule has 1 rings (SSSR count). The van der Waals surface area contributed by atoms with Crippen LogP contribution in [0.2, 0.25) is 0 Å². The van der Waals surface area contributed by atoms with E-state index in [-0.39, 0.29) is 11.9 Å². The summed E-state index contributed by atoms with van der Waals surface area (Å²) in [6.45, 7) is 2.73. The lowest BCUT2D eigenvalue weighted by molar-refractivity contribution is -0.131. The Labute approximate surface area is 111 Å². The Bertz CT molecular complexity index is 365. The first-order chi connectivity index (χ1) is 8.06. The van der Waals surface area contributed by atoms with E-state index in [0.717, 1.165) is 12.2 Å². The summed E-state index contributed by atoms with van der Waals surface area (Å²) in [5.41, 5.74) is 7.11. The van der Waals surface area contributed by atoms with E-state index in [1.165, 1.54) is 10.4 Å². The topological polar surface area (TPSA) is 46.3 Å². The van der Waals surface area contributed by atoms with E-state index in [2.05, 4.69) is 18.4 Å². The Hall–Kier alpha value is -0.520. The smallest absolute Gasteiger partial charge is 0.239 e. The van der Waals surface area contributed by atoms with Crippen LogP contribution < -0.4 is 5.73 Å². The van der Waals surface area contributed by atoms with Gasteiger partial charge in [-0.2, -0.15) is 11.8 Å². The van der Waals surface area contributed by atoms with Crippen molar-refractivity contribution in [3.05, 3.63) is 21.9 Å². The minimum atomic E-state index is -0.368. The Morgan fingerprint density at radius 2 is 2.35 bits per heavy atom. The predicted molar refractivity (Wildman–Crippen MR) is 76.5 cm³/mol. The van der Waals surface area contributed by atoms with Crippen molar-refractivity contribution >= 4 is 29.0 Å². The first-order valence-electron chi connectivity index (χ1n) is 5.58. The van der Waals surface area contributed by atoms with E-state index >= 15 is 0 Å². The van der Waals surface area contributed by atoms with Gasteiger partial charge in [-0.25, -0.2) is 0 Å². The third kappa shape index (κ3) is 4.33. The molecule has 1 aromatic heterocycles. The number of nitrogens with two attached hydrogens (primary N) is 1. The highest BCUT2D eigenvalue weighted by Gasteiger charge is 2.18. The standard InChI is InChI=1S/C12H20N2OS2/c1-9-4-7-17-11(9)8-14(2)12(15)10(13)5-6-16-3/h4,7,10H,5-6,8,13H2,1-3H3/t10-/m0/s1. The van der Waals surface area contributed by atoms with Crippen LogP contribution in [0.3, 0.4) is 0 Å². The zero-order chi connectivity index (χ0) is 12.8. The number of nitrogens with zero attached hydrogens (tertiary/aromatic N) is 1. The Morgan fingerprint density at radius 3 is 2.88 bits per heavy atom. The van der Waals surface area contributed by atoms with Gasteiger partial charge in [0.05, 0.1) is 12.6 Å². The van der Waals surface area contributed by atoms with E-state index < -0.39 is 0 Å². The molecule has 0 aliphatic rings. The van der Waals surface area contributed by atoms with Gasteiger partial charge in [-0.3, -0.25) is 4.79 Å². The third-order valence-electron chi connectivity index (χ3n) is 2.68. The molecule has 1 heterocycles. The summed E-state index contributed by atoms with van der Waals surface area (Å²) in [5, 5.41) is 2.05. The summed E-state index contributed by atoms with van der Waals surface area (Å²) >= 11 is 3.40. The number of aryl methyl sites for hydroxylation is 1. The SMILES string of the molecule is CSCC[C@H](N)C(=O)N(C)Cc1sccc1C. The molecule has 0 fully saturated rings. The minimum Gasteiger partial charge on any atom is -0.339 e. The van der Waals surface area contributed by atoms with Crippen LogP contribution in [0.15, 0.2) is 11.4 Å². The number of rotatable bonds is 6. The second-order valence-corrected chi connectivity index (χ2v) is 6.10. The van der Waals surface area contributed by atoms with Crippen molar-refractivity contribution in [3.63, 3.8) is 0 Å². The van der Waals surface area contributed by atoms with Crippen molar-refractivity contribution in [1.82, 2.24) is 4.90 Å². The lowest BCUT2D eigenvalue weighted by atomic mass is 10.2. The molecule has 3 nitrogen and oxygen atoms in total. The van der Waals surface area contributed by atoms with Crippen LogP contribution in [0.5, 0.6) is 0 Å². The second-order valence-electron chi connectivity index (χ2n) is 4.11. The maximum absolute atomic E-state index is 12.0. The highest BCUT2D eigenvalue weighted by Crippen LogP contribution is 2.17. The van der Waals surface area contributed by atoms with Gasteiger partial charge in [0.25, 0.3) is 0 Å². The molecule has 1 amide bonds. The Kier molecular flexibility index (Phi) is 6.02. The largest absolute Gasteiger partial charge is 0.339 e. The second kappa shape index (κ2) is 7.03. The molecule has 0 saturated carbocycles. The van der Waals surface area contributed by atoms with Crippen LogP contribution in [-0.4, -0.2) is 35.9 Å². The van der Waals surface area contributed by atoms with E-state index in [0.29, 0.717) is 6.54 Å². The molecular weight excluding hydrogens is 252 g/mol. The minimum absolute atomic E-state index is 0.0341. The lowest BCUT2D eigenvalue weighted by Crippen LogP contribution is -2.41. The van der Waals surface area contributed by atoms with Crippen LogP contribution >= 0.6 is 23.1 Å². The molecule has 0 radical (unpaired) electrons. The molecule has 0 aromatic carbocycles. The zero-order valence-corrected chi connectivity index (χ0v) is 12.2. The van der Waals surface area contributed by atoms with Crippen LogP contribution in [-0.2, 0) is 11.3 Å². The highest BCUT2D eigenvalue weighted by atomic mass is 32.2. The van der Waals surface area contributed by atoms with Gasteiger partial charge < -0.3 is 10.6 Å². The fourth-order valence-electron chi connectivity index (χ4n) is 1.51. The summed E-state index contributed by atoms with van der Waals surface area (Å²) < 4.78 is 0. The van der Waals surface area contributed by atoms with Gasteiger partial charge in [-0.05, 0) is 42.4 Å². The number of carbonyl (C=O) groups excluding carboxylic acids is 1. The van der Waals surface area contributed by atoms with Crippen LogP contribution in [0, 0.1) is 6.92 Å². The molecule has 0 unspecified atom stereocenters. The number of hydrogen-bond acceptors (Lipinski definition) is 4. The summed E-state index contributed by atoms with van der Waals surface area (Å²) in [5.74, 6) is 0.963. The Morgan fingerprint density at radius 1 is 1.65 bits per heavy atom. The van der Waals surface area contributed by atoms with Gasteiger partial charge >= 0.3 is 0 Å². The normalized spacial score (nSPS) is 12.5. The number of thiophene rings is 1. The van der Waals surface area contributed by atoms with Gasteiger partial charge in [-0.15, -0.1) is 11.3 Å². The molecular formula is C12H20N2OS2. The monoisotopic (exact) mass is 272 g/mol. The molecule has 1 aromatic rings. The molecule has 96 valence electrons. The number of hydrogen-bond donors (Lipinski definition) is 1. The maximum atomic E-state index is 12.0. The van der Waals surface area contributed by atoms with E-state index in [9.17, 15) is 4.79 Å². The van der Waals surface area contributed by atoms with Crippen molar-refractivity contribution < 1.29 is 4.79 Å². The fraction of sp³-hybridized carbons (Fsp3) is 0.583. The van der Waals surface area contributed by atoms with Crippen LogP contribution in [0.4, 0.5) is 0 Å². The number of carbonyl (C=O) groups is 1. The molecule has 17 heavy (non-hydrogen) atoms. The van der Waals surface area contributed by atoms with Gasteiger partial charge in [0, 0.05) is 11.9 Å². The first-order valence-corrected chi connectivity index (χ1v) is 7.86. The number of thioether (sulfide) groups is 1. The fourth-order valence-corrected chi connectivity index (χ4v) is 2.96. The van der Waals surface area contributed by atoms with Crippen LogP contribution in [0.1, 0.15) is 16.9 Å².